The van der Waals surface area contributed by atoms with Crippen molar-refractivity contribution in [2.75, 3.05) is 0 Å². The second kappa shape index (κ2) is 9.40. The molecule has 0 aliphatic rings. The Kier molecular flexibility index (Phi) is 8.39. The van der Waals surface area contributed by atoms with Gasteiger partial charge in [-0.3, -0.25) is 0 Å². The third-order valence-corrected chi connectivity index (χ3v) is 1.89. The SMILES string of the molecule is C=CC(=CCC=N)Oc1ccc(C)cc1.CC. The Morgan fingerprint density at radius 2 is 1.88 bits per heavy atom. The molecule has 0 saturated heterocycles. The summed E-state index contributed by atoms with van der Waals surface area (Å²) in [5.74, 6) is 1.47. The first kappa shape index (κ1) is 15.2. The van der Waals surface area contributed by atoms with Crippen molar-refractivity contribution in [2.24, 2.45) is 0 Å². The highest BCUT2D eigenvalue weighted by Crippen LogP contribution is 2.15. The third-order valence-electron chi connectivity index (χ3n) is 1.89. The van der Waals surface area contributed by atoms with Crippen LogP contribution in [-0.2, 0) is 0 Å². The molecule has 0 aromatic heterocycles. The molecule has 1 aromatic rings. The van der Waals surface area contributed by atoms with Crippen LogP contribution in [0.5, 0.6) is 5.75 Å². The van der Waals surface area contributed by atoms with Gasteiger partial charge in [0.1, 0.15) is 11.5 Å². The van der Waals surface area contributed by atoms with Gasteiger partial charge in [-0.15, -0.1) is 0 Å². The van der Waals surface area contributed by atoms with Gasteiger partial charge in [-0.1, -0.05) is 38.1 Å². The van der Waals surface area contributed by atoms with Crippen molar-refractivity contribution in [1.82, 2.24) is 0 Å². The number of aryl methyl sites for hydroxylation is 1. The first-order valence-corrected chi connectivity index (χ1v) is 5.82. The lowest BCUT2D eigenvalue weighted by Gasteiger charge is -2.05. The number of hydrogen-bond donors (Lipinski definition) is 1. The molecule has 17 heavy (non-hydrogen) atoms. The monoisotopic (exact) mass is 231 g/mol. The van der Waals surface area contributed by atoms with E-state index in [0.29, 0.717) is 12.2 Å². The smallest absolute Gasteiger partial charge is 0.127 e. The third kappa shape index (κ3) is 6.36. The Morgan fingerprint density at radius 1 is 1.29 bits per heavy atom. The molecular weight excluding hydrogens is 210 g/mol. The topological polar surface area (TPSA) is 33.1 Å². The predicted octanol–water partition coefficient (Wildman–Crippen LogP) is 4.51. The van der Waals surface area contributed by atoms with Gasteiger partial charge < -0.3 is 10.1 Å². The summed E-state index contributed by atoms with van der Waals surface area (Å²) in [6.07, 6.45) is 5.35. The van der Waals surface area contributed by atoms with Crippen LogP contribution in [-0.4, -0.2) is 6.21 Å². The van der Waals surface area contributed by atoms with Gasteiger partial charge in [0.05, 0.1) is 0 Å². The predicted molar refractivity (Wildman–Crippen MR) is 74.8 cm³/mol. The Labute approximate surface area is 104 Å². The highest BCUT2D eigenvalue weighted by molar-refractivity contribution is 5.55. The van der Waals surface area contributed by atoms with Gasteiger partial charge in [0, 0.05) is 6.42 Å². The molecule has 0 amide bonds. The van der Waals surface area contributed by atoms with Gasteiger partial charge >= 0.3 is 0 Å². The largest absolute Gasteiger partial charge is 0.458 e. The molecule has 1 rings (SSSR count). The first-order valence-electron chi connectivity index (χ1n) is 5.82. The molecule has 0 unspecified atom stereocenters. The molecule has 0 radical (unpaired) electrons. The van der Waals surface area contributed by atoms with Crippen LogP contribution in [0.2, 0.25) is 0 Å². The molecule has 0 atom stereocenters. The zero-order valence-corrected chi connectivity index (χ0v) is 10.9. The average Bonchev–Trinajstić information content (AvgIpc) is 2.39. The fourth-order valence-corrected chi connectivity index (χ4v) is 1.08. The van der Waals surface area contributed by atoms with E-state index in [-0.39, 0.29) is 0 Å². The standard InChI is InChI=1S/C13H15NO.C2H6/c1-3-12(5-4-10-14)15-13-8-6-11(2)7-9-13;1-2/h3,5-10,14H,1,4H2,2H3;1-2H3. The van der Waals surface area contributed by atoms with Crippen LogP contribution in [0.25, 0.3) is 0 Å². The molecule has 0 spiro atoms. The summed E-state index contributed by atoms with van der Waals surface area (Å²) in [7, 11) is 0. The second-order valence-corrected chi connectivity index (χ2v) is 3.17. The molecule has 2 heteroatoms. The lowest BCUT2D eigenvalue weighted by atomic mass is 10.2. The normalized spacial score (nSPS) is 9.94. The van der Waals surface area contributed by atoms with Gasteiger partial charge in [-0.25, -0.2) is 0 Å². The van der Waals surface area contributed by atoms with Crippen LogP contribution in [0.3, 0.4) is 0 Å². The molecule has 2 nitrogen and oxygen atoms in total. The maximum absolute atomic E-state index is 6.92. The van der Waals surface area contributed by atoms with Gasteiger partial charge in [-0.2, -0.15) is 0 Å². The van der Waals surface area contributed by atoms with E-state index < -0.39 is 0 Å². The quantitative estimate of drug-likeness (QED) is 0.451. The summed E-state index contributed by atoms with van der Waals surface area (Å²) < 4.78 is 5.56. The van der Waals surface area contributed by atoms with E-state index in [4.69, 9.17) is 10.1 Å². The Morgan fingerprint density at radius 3 is 2.35 bits per heavy atom. The van der Waals surface area contributed by atoms with Crippen LogP contribution in [0.1, 0.15) is 25.8 Å². The molecule has 0 fully saturated rings. The second-order valence-electron chi connectivity index (χ2n) is 3.17. The Hall–Kier alpha value is -1.83. The minimum Gasteiger partial charge on any atom is -0.458 e. The van der Waals surface area contributed by atoms with Crippen molar-refractivity contribution in [3.63, 3.8) is 0 Å². The van der Waals surface area contributed by atoms with Crippen LogP contribution >= 0.6 is 0 Å². The van der Waals surface area contributed by atoms with Crippen molar-refractivity contribution < 1.29 is 4.74 Å². The summed E-state index contributed by atoms with van der Waals surface area (Å²) in [4.78, 5) is 0. The first-order chi connectivity index (χ1) is 8.26. The van der Waals surface area contributed by atoms with Gasteiger partial charge in [0.25, 0.3) is 0 Å². The molecule has 92 valence electrons. The van der Waals surface area contributed by atoms with Gasteiger partial charge in [0.2, 0.25) is 0 Å². The van der Waals surface area contributed by atoms with Crippen molar-refractivity contribution >= 4 is 6.21 Å². The van der Waals surface area contributed by atoms with E-state index in [2.05, 4.69) is 6.58 Å². The highest BCUT2D eigenvalue weighted by atomic mass is 16.5. The average molecular weight is 231 g/mol. The van der Waals surface area contributed by atoms with E-state index in [0.717, 1.165) is 5.75 Å². The maximum Gasteiger partial charge on any atom is 0.127 e. The molecule has 0 bridgehead atoms. The lowest BCUT2D eigenvalue weighted by molar-refractivity contribution is 0.443. The van der Waals surface area contributed by atoms with Gasteiger partial charge in [-0.05, 0) is 37.4 Å². The van der Waals surface area contributed by atoms with E-state index in [1.165, 1.54) is 11.8 Å². The number of rotatable bonds is 5. The van der Waals surface area contributed by atoms with E-state index in [1.807, 2.05) is 51.1 Å². The van der Waals surface area contributed by atoms with Crippen molar-refractivity contribution in [1.29, 1.82) is 5.41 Å². The summed E-state index contributed by atoms with van der Waals surface area (Å²) in [6, 6.07) is 7.81. The van der Waals surface area contributed by atoms with Crippen LogP contribution < -0.4 is 4.74 Å². The highest BCUT2D eigenvalue weighted by Gasteiger charge is 1.95. The summed E-state index contributed by atoms with van der Waals surface area (Å²) in [5.41, 5.74) is 1.20. The number of benzene rings is 1. The van der Waals surface area contributed by atoms with E-state index >= 15 is 0 Å². The van der Waals surface area contributed by atoms with Crippen molar-refractivity contribution in [3.8, 4) is 5.75 Å². The summed E-state index contributed by atoms with van der Waals surface area (Å²) in [5, 5.41) is 6.92. The minimum absolute atomic E-state index is 0.563. The number of nitrogens with one attached hydrogen (secondary N) is 1. The maximum atomic E-state index is 6.92. The van der Waals surface area contributed by atoms with Gasteiger partial charge in [0.15, 0.2) is 0 Å². The van der Waals surface area contributed by atoms with Crippen molar-refractivity contribution in [3.05, 3.63) is 54.3 Å². The zero-order chi connectivity index (χ0) is 13.1. The summed E-state index contributed by atoms with van der Waals surface area (Å²) >= 11 is 0. The van der Waals surface area contributed by atoms with E-state index in [9.17, 15) is 0 Å². The van der Waals surface area contributed by atoms with Crippen LogP contribution in [0, 0.1) is 12.3 Å². The number of hydrogen-bond acceptors (Lipinski definition) is 2. The van der Waals surface area contributed by atoms with Crippen molar-refractivity contribution in [2.45, 2.75) is 27.2 Å². The molecule has 0 aliphatic heterocycles. The molecular formula is C15H21NO. The number of ether oxygens (including phenoxy) is 1. The summed E-state index contributed by atoms with van der Waals surface area (Å²) in [6.45, 7) is 9.69. The van der Waals surface area contributed by atoms with Crippen LogP contribution in [0.4, 0.5) is 0 Å². The molecule has 1 aromatic carbocycles. The number of allylic oxidation sites excluding steroid dienone is 2. The minimum atomic E-state index is 0.563. The fourth-order valence-electron chi connectivity index (χ4n) is 1.08. The molecule has 0 saturated carbocycles. The Bertz CT molecular complexity index is 363. The zero-order valence-electron chi connectivity index (χ0n) is 10.9. The molecule has 0 heterocycles. The molecule has 0 aliphatic carbocycles. The van der Waals surface area contributed by atoms with Crippen LogP contribution in [0.15, 0.2) is 48.8 Å². The van der Waals surface area contributed by atoms with E-state index in [1.54, 1.807) is 6.08 Å². The Balaban J connectivity index is 0.00000121. The fraction of sp³-hybridized carbons (Fsp3) is 0.267. The molecule has 1 N–H and O–H groups in total. The lowest BCUT2D eigenvalue weighted by Crippen LogP contribution is -1.92.